The van der Waals surface area contributed by atoms with E-state index in [2.05, 4.69) is 18.6 Å². The van der Waals surface area contributed by atoms with E-state index in [9.17, 15) is 16.8 Å². The van der Waals surface area contributed by atoms with Gasteiger partial charge < -0.3 is 0 Å². The second-order valence-corrected chi connectivity index (χ2v) is 9.48. The van der Waals surface area contributed by atoms with Crippen LogP contribution in [-0.4, -0.2) is 23.1 Å². The maximum Gasteiger partial charge on any atom is 0.261 e. The zero-order chi connectivity index (χ0) is 18.0. The van der Waals surface area contributed by atoms with E-state index in [1.807, 2.05) is 12.1 Å². The molecule has 5 nitrogen and oxygen atoms in total. The van der Waals surface area contributed by atoms with Gasteiger partial charge in [0.15, 0.2) is 9.84 Å². The standard InChI is InChI=1S/C17H21NO4S2/c1-4-13(2)14-5-7-15(8-6-14)18-24(21,22)17-11-9-16(10-12-17)23(3,19)20/h5-13,18H,4H2,1-3H3/t13-/m1/s1. The first kappa shape index (κ1) is 18.5. The maximum atomic E-state index is 12.4. The molecule has 0 unspecified atom stereocenters. The van der Waals surface area contributed by atoms with Gasteiger partial charge in [0, 0.05) is 11.9 Å². The lowest BCUT2D eigenvalue weighted by Crippen LogP contribution is -2.13. The molecule has 0 aliphatic carbocycles. The lowest BCUT2D eigenvalue weighted by atomic mass is 9.99. The van der Waals surface area contributed by atoms with Gasteiger partial charge in [-0.25, -0.2) is 16.8 Å². The van der Waals surface area contributed by atoms with Crippen molar-refractivity contribution >= 4 is 25.5 Å². The third-order valence-corrected chi connectivity index (χ3v) is 6.43. The van der Waals surface area contributed by atoms with Gasteiger partial charge in [-0.05, 0) is 54.3 Å². The predicted molar refractivity (Wildman–Crippen MR) is 95.5 cm³/mol. The molecule has 0 aliphatic heterocycles. The minimum atomic E-state index is -3.76. The highest BCUT2D eigenvalue weighted by Crippen LogP contribution is 2.22. The fourth-order valence-electron chi connectivity index (χ4n) is 2.20. The summed E-state index contributed by atoms with van der Waals surface area (Å²) in [5, 5.41) is 0. The molecule has 0 aliphatic rings. The van der Waals surface area contributed by atoms with E-state index in [1.165, 1.54) is 24.3 Å². The number of nitrogens with one attached hydrogen (secondary N) is 1. The van der Waals surface area contributed by atoms with Crippen molar-refractivity contribution in [2.24, 2.45) is 0 Å². The molecule has 24 heavy (non-hydrogen) atoms. The van der Waals surface area contributed by atoms with Crippen molar-refractivity contribution in [1.29, 1.82) is 0 Å². The Morgan fingerprint density at radius 2 is 1.38 bits per heavy atom. The minimum absolute atomic E-state index is 0.0147. The summed E-state index contributed by atoms with van der Waals surface area (Å²) in [6.07, 6.45) is 2.09. The van der Waals surface area contributed by atoms with Crippen LogP contribution in [0.15, 0.2) is 58.3 Å². The first-order chi connectivity index (χ1) is 11.1. The Kier molecular flexibility index (Phi) is 5.35. The van der Waals surface area contributed by atoms with E-state index in [0.29, 0.717) is 11.6 Å². The van der Waals surface area contributed by atoms with Crippen molar-refractivity contribution in [3.8, 4) is 0 Å². The fourth-order valence-corrected chi connectivity index (χ4v) is 3.88. The van der Waals surface area contributed by atoms with Crippen LogP contribution >= 0.6 is 0 Å². The molecule has 2 aromatic carbocycles. The van der Waals surface area contributed by atoms with Gasteiger partial charge >= 0.3 is 0 Å². The van der Waals surface area contributed by atoms with Crippen LogP contribution in [0.2, 0.25) is 0 Å². The van der Waals surface area contributed by atoms with Gasteiger partial charge in [0.05, 0.1) is 9.79 Å². The third kappa shape index (κ3) is 4.36. The molecule has 0 spiro atoms. The van der Waals surface area contributed by atoms with Gasteiger partial charge in [-0.3, -0.25) is 4.72 Å². The molecule has 1 atom stereocenters. The highest BCUT2D eigenvalue weighted by molar-refractivity contribution is 7.92. The third-order valence-electron chi connectivity index (χ3n) is 3.91. The van der Waals surface area contributed by atoms with Crippen molar-refractivity contribution in [2.75, 3.05) is 11.0 Å². The van der Waals surface area contributed by atoms with E-state index in [4.69, 9.17) is 0 Å². The smallest absolute Gasteiger partial charge is 0.261 e. The van der Waals surface area contributed by atoms with Crippen molar-refractivity contribution in [3.63, 3.8) is 0 Å². The predicted octanol–water partition coefficient (Wildman–Crippen LogP) is 3.40. The van der Waals surface area contributed by atoms with Gasteiger partial charge in [0.2, 0.25) is 0 Å². The van der Waals surface area contributed by atoms with E-state index >= 15 is 0 Å². The molecule has 2 aromatic rings. The molecule has 0 aromatic heterocycles. The Balaban J connectivity index is 2.22. The normalized spacial score (nSPS) is 13.5. The van der Waals surface area contributed by atoms with Crippen LogP contribution in [0.5, 0.6) is 0 Å². The number of benzene rings is 2. The Morgan fingerprint density at radius 3 is 1.83 bits per heavy atom. The second kappa shape index (κ2) is 6.94. The van der Waals surface area contributed by atoms with Crippen LogP contribution in [0, 0.1) is 0 Å². The van der Waals surface area contributed by atoms with Crippen molar-refractivity contribution in [1.82, 2.24) is 0 Å². The SMILES string of the molecule is CC[C@@H](C)c1ccc(NS(=O)(=O)c2ccc(S(C)(=O)=O)cc2)cc1. The average molecular weight is 367 g/mol. The summed E-state index contributed by atoms with van der Waals surface area (Å²) >= 11 is 0. The molecule has 0 amide bonds. The van der Waals surface area contributed by atoms with Crippen molar-refractivity contribution in [2.45, 2.75) is 36.0 Å². The van der Waals surface area contributed by atoms with Crippen LogP contribution in [-0.2, 0) is 19.9 Å². The van der Waals surface area contributed by atoms with Crippen LogP contribution < -0.4 is 4.72 Å². The van der Waals surface area contributed by atoms with Crippen LogP contribution in [0.3, 0.4) is 0 Å². The van der Waals surface area contributed by atoms with Gasteiger partial charge in [0.25, 0.3) is 10.0 Å². The number of rotatable bonds is 6. The van der Waals surface area contributed by atoms with Gasteiger partial charge in [-0.15, -0.1) is 0 Å². The Bertz CT molecular complexity index is 900. The molecule has 130 valence electrons. The molecule has 0 radical (unpaired) electrons. The average Bonchev–Trinajstić information content (AvgIpc) is 2.54. The first-order valence-corrected chi connectivity index (χ1v) is 10.9. The summed E-state index contributed by atoms with van der Waals surface area (Å²) in [7, 11) is -7.11. The lowest BCUT2D eigenvalue weighted by molar-refractivity contribution is 0.597. The van der Waals surface area contributed by atoms with E-state index in [-0.39, 0.29) is 9.79 Å². The van der Waals surface area contributed by atoms with E-state index in [0.717, 1.165) is 18.2 Å². The Hall–Kier alpha value is -1.86. The molecule has 0 bridgehead atoms. The lowest BCUT2D eigenvalue weighted by Gasteiger charge is -2.12. The van der Waals surface area contributed by atoms with Gasteiger partial charge in [-0.1, -0.05) is 26.0 Å². The van der Waals surface area contributed by atoms with Crippen molar-refractivity contribution in [3.05, 3.63) is 54.1 Å². The fraction of sp³-hybridized carbons (Fsp3) is 0.294. The van der Waals surface area contributed by atoms with E-state index < -0.39 is 19.9 Å². The molecule has 1 N–H and O–H groups in total. The molecular weight excluding hydrogens is 346 g/mol. The van der Waals surface area contributed by atoms with Crippen LogP contribution in [0.1, 0.15) is 31.7 Å². The van der Waals surface area contributed by atoms with Gasteiger partial charge in [-0.2, -0.15) is 0 Å². The molecular formula is C17H21NO4S2. The zero-order valence-electron chi connectivity index (χ0n) is 13.9. The first-order valence-electron chi connectivity index (χ1n) is 7.56. The molecule has 0 heterocycles. The van der Waals surface area contributed by atoms with Crippen LogP contribution in [0.4, 0.5) is 5.69 Å². The Labute approximate surface area is 143 Å². The highest BCUT2D eigenvalue weighted by atomic mass is 32.2. The maximum absolute atomic E-state index is 12.4. The van der Waals surface area contributed by atoms with Crippen LogP contribution in [0.25, 0.3) is 0 Å². The quantitative estimate of drug-likeness (QED) is 0.848. The summed E-state index contributed by atoms with van der Waals surface area (Å²) < 4.78 is 50.1. The second-order valence-electron chi connectivity index (χ2n) is 5.78. The number of anilines is 1. The number of hydrogen-bond acceptors (Lipinski definition) is 4. The largest absolute Gasteiger partial charge is 0.280 e. The summed E-state index contributed by atoms with van der Waals surface area (Å²) in [5.41, 5.74) is 1.62. The minimum Gasteiger partial charge on any atom is -0.280 e. The van der Waals surface area contributed by atoms with Crippen molar-refractivity contribution < 1.29 is 16.8 Å². The highest BCUT2D eigenvalue weighted by Gasteiger charge is 2.16. The summed E-state index contributed by atoms with van der Waals surface area (Å²) in [4.78, 5) is 0.0975. The zero-order valence-corrected chi connectivity index (χ0v) is 15.5. The number of sulfonamides is 1. The van der Waals surface area contributed by atoms with E-state index in [1.54, 1.807) is 12.1 Å². The number of hydrogen-bond donors (Lipinski definition) is 1. The summed E-state index contributed by atoms with van der Waals surface area (Å²) in [6, 6.07) is 12.4. The van der Waals surface area contributed by atoms with Gasteiger partial charge in [0.1, 0.15) is 0 Å². The molecule has 7 heteroatoms. The summed E-state index contributed by atoms with van der Waals surface area (Å²) in [5.74, 6) is 0.416. The molecule has 0 saturated carbocycles. The monoisotopic (exact) mass is 367 g/mol. The Morgan fingerprint density at radius 1 is 0.875 bits per heavy atom. The molecule has 0 saturated heterocycles. The molecule has 0 fully saturated rings. The summed E-state index contributed by atoms with van der Waals surface area (Å²) in [6.45, 7) is 4.21. The molecule has 2 rings (SSSR count). The topological polar surface area (TPSA) is 80.3 Å². The number of sulfone groups is 1.